The van der Waals surface area contributed by atoms with Crippen molar-refractivity contribution in [1.29, 1.82) is 0 Å². The Kier molecular flexibility index (Phi) is 7.26. The van der Waals surface area contributed by atoms with Gasteiger partial charge in [0.2, 0.25) is 11.8 Å². The van der Waals surface area contributed by atoms with Gasteiger partial charge in [-0.25, -0.2) is 0 Å². The highest BCUT2D eigenvalue weighted by Crippen LogP contribution is 2.68. The number of fused-ring (bicyclic) bond motifs is 5. The molecular weight excluding hydrogens is 452 g/mol. The summed E-state index contributed by atoms with van der Waals surface area (Å²) in [5.41, 5.74) is 0.530. The molecule has 5 rings (SSSR count). The van der Waals surface area contributed by atoms with Crippen LogP contribution in [-0.2, 0) is 9.59 Å². The van der Waals surface area contributed by atoms with Crippen molar-refractivity contribution in [2.45, 2.75) is 104 Å². The molecule has 0 spiro atoms. The molecule has 4 aliphatic carbocycles. The lowest BCUT2D eigenvalue weighted by Crippen LogP contribution is -2.58. The van der Waals surface area contributed by atoms with Gasteiger partial charge in [0.15, 0.2) is 0 Å². The molecule has 6 nitrogen and oxygen atoms in total. The van der Waals surface area contributed by atoms with Gasteiger partial charge in [0.25, 0.3) is 0 Å². The fraction of sp³-hybridized carbons (Fsp3) is 0.933. The molecule has 0 aromatic heterocycles. The van der Waals surface area contributed by atoms with Crippen LogP contribution < -0.4 is 0 Å². The minimum Gasteiger partial charge on any atom is -0.393 e. The molecule has 5 aliphatic rings. The van der Waals surface area contributed by atoms with Gasteiger partial charge in [-0.2, -0.15) is 0 Å². The highest BCUT2D eigenvalue weighted by Gasteiger charge is 2.62. The normalized spacial score (nSPS) is 45.4. The third-order valence-electron chi connectivity index (χ3n) is 12.3. The molecule has 1 aliphatic heterocycles. The number of piperazine rings is 1. The van der Waals surface area contributed by atoms with Gasteiger partial charge in [-0.3, -0.25) is 9.59 Å². The summed E-state index contributed by atoms with van der Waals surface area (Å²) in [5.74, 6) is 3.50. The first-order chi connectivity index (χ1) is 17.0. The largest absolute Gasteiger partial charge is 0.393 e. The van der Waals surface area contributed by atoms with E-state index in [0.717, 1.165) is 32.1 Å². The number of nitrogens with zero attached hydrogens (tertiary/aromatic N) is 2. The minimum atomic E-state index is -0.229. The lowest BCUT2D eigenvalue weighted by atomic mass is 9.43. The second-order valence-corrected chi connectivity index (χ2v) is 13.9. The second kappa shape index (κ2) is 9.87. The lowest BCUT2D eigenvalue weighted by Gasteiger charge is -2.62. The molecule has 0 radical (unpaired) electrons. The third kappa shape index (κ3) is 4.42. The van der Waals surface area contributed by atoms with Gasteiger partial charge in [0.1, 0.15) is 0 Å². The monoisotopic (exact) mass is 502 g/mol. The highest BCUT2D eigenvalue weighted by molar-refractivity contribution is 5.77. The highest BCUT2D eigenvalue weighted by atomic mass is 16.3. The van der Waals surface area contributed by atoms with E-state index in [1.54, 1.807) is 6.92 Å². The zero-order chi connectivity index (χ0) is 25.8. The van der Waals surface area contributed by atoms with Crippen molar-refractivity contribution >= 4 is 11.8 Å². The number of carbonyl (C=O) groups excluding carboxylic acids is 2. The summed E-state index contributed by atoms with van der Waals surface area (Å²) in [6.45, 7) is 11.6. The Bertz CT molecular complexity index is 841. The summed E-state index contributed by atoms with van der Waals surface area (Å²) in [6.07, 6.45) is 9.80. The summed E-state index contributed by atoms with van der Waals surface area (Å²) in [5, 5.41) is 21.8. The van der Waals surface area contributed by atoms with E-state index >= 15 is 0 Å². The van der Waals surface area contributed by atoms with E-state index in [1.807, 2.05) is 9.80 Å². The predicted molar refractivity (Wildman–Crippen MR) is 140 cm³/mol. The SMILES string of the molecule is CC(=O)N1CCN(C(=O)CC[C@@H](C)[C@H]2CC[C@H]3[C@@H]4[C@@H](O)C[C@@H]5C[C@H](O)CC[C@]5(C)[C@H]4CC[C@]23C)CC1. The Morgan fingerprint density at radius 1 is 0.889 bits per heavy atom. The number of aliphatic hydroxyl groups is 2. The predicted octanol–water partition coefficient (Wildman–Crippen LogP) is 4.08. The third-order valence-corrected chi connectivity index (χ3v) is 12.3. The molecule has 4 saturated carbocycles. The van der Waals surface area contributed by atoms with E-state index in [1.165, 1.54) is 25.7 Å². The number of hydrogen-bond donors (Lipinski definition) is 2. The van der Waals surface area contributed by atoms with E-state index in [4.69, 9.17) is 0 Å². The molecule has 0 bridgehead atoms. The van der Waals surface area contributed by atoms with Gasteiger partial charge in [-0.05, 0) is 104 Å². The van der Waals surface area contributed by atoms with Crippen LogP contribution >= 0.6 is 0 Å². The Balaban J connectivity index is 1.21. The summed E-state index contributed by atoms with van der Waals surface area (Å²) in [6, 6.07) is 0. The van der Waals surface area contributed by atoms with Gasteiger partial charge in [-0.15, -0.1) is 0 Å². The smallest absolute Gasteiger partial charge is 0.222 e. The Morgan fingerprint density at radius 2 is 1.53 bits per heavy atom. The van der Waals surface area contributed by atoms with Gasteiger partial charge in [0.05, 0.1) is 12.2 Å². The maximum atomic E-state index is 13.0. The molecule has 0 aromatic rings. The van der Waals surface area contributed by atoms with E-state index < -0.39 is 0 Å². The fourth-order valence-corrected chi connectivity index (χ4v) is 10.2. The van der Waals surface area contributed by atoms with Crippen LogP contribution in [0.2, 0.25) is 0 Å². The van der Waals surface area contributed by atoms with Crippen LogP contribution in [0, 0.1) is 46.3 Å². The molecule has 5 fully saturated rings. The van der Waals surface area contributed by atoms with Crippen LogP contribution in [0.5, 0.6) is 0 Å². The van der Waals surface area contributed by atoms with Gasteiger partial charge >= 0.3 is 0 Å². The summed E-state index contributed by atoms with van der Waals surface area (Å²) in [7, 11) is 0. The molecule has 2 amide bonds. The number of aliphatic hydroxyl groups excluding tert-OH is 2. The van der Waals surface area contributed by atoms with Crippen molar-refractivity contribution in [1.82, 2.24) is 9.80 Å². The topological polar surface area (TPSA) is 81.1 Å². The van der Waals surface area contributed by atoms with E-state index in [9.17, 15) is 19.8 Å². The number of hydrogen-bond acceptors (Lipinski definition) is 4. The Labute approximate surface area is 218 Å². The van der Waals surface area contributed by atoms with Gasteiger partial charge in [0, 0.05) is 39.5 Å². The summed E-state index contributed by atoms with van der Waals surface area (Å²) < 4.78 is 0. The van der Waals surface area contributed by atoms with E-state index in [2.05, 4.69) is 20.8 Å². The average Bonchev–Trinajstić information content (AvgIpc) is 3.20. The van der Waals surface area contributed by atoms with Crippen molar-refractivity contribution in [3.63, 3.8) is 0 Å². The Hall–Kier alpha value is -1.14. The van der Waals surface area contributed by atoms with Crippen LogP contribution in [0.3, 0.4) is 0 Å². The number of carbonyl (C=O) groups is 2. The Morgan fingerprint density at radius 3 is 2.22 bits per heavy atom. The number of amides is 2. The second-order valence-electron chi connectivity index (χ2n) is 13.9. The molecule has 1 heterocycles. The maximum absolute atomic E-state index is 13.0. The fourth-order valence-electron chi connectivity index (χ4n) is 10.2. The number of rotatable bonds is 4. The molecule has 36 heavy (non-hydrogen) atoms. The van der Waals surface area contributed by atoms with E-state index in [0.29, 0.717) is 68.1 Å². The summed E-state index contributed by atoms with van der Waals surface area (Å²) in [4.78, 5) is 28.3. The lowest BCUT2D eigenvalue weighted by molar-refractivity contribution is -0.174. The van der Waals surface area contributed by atoms with Gasteiger partial charge in [-0.1, -0.05) is 20.8 Å². The zero-order valence-corrected chi connectivity index (χ0v) is 23.1. The molecule has 6 heteroatoms. The molecular formula is C30H50N2O4. The molecule has 0 unspecified atom stereocenters. The van der Waals surface area contributed by atoms with Crippen molar-refractivity contribution < 1.29 is 19.8 Å². The first-order valence-corrected chi connectivity index (χ1v) is 14.9. The van der Waals surface area contributed by atoms with Crippen molar-refractivity contribution in [2.75, 3.05) is 26.2 Å². The van der Waals surface area contributed by atoms with Crippen LogP contribution in [0.25, 0.3) is 0 Å². The van der Waals surface area contributed by atoms with Crippen molar-refractivity contribution in [2.24, 2.45) is 46.3 Å². The standard InChI is InChI=1S/C30H50N2O4/c1-19(5-8-27(36)32-15-13-31(14-16-32)20(2)33)23-6-7-24-28-25(10-12-30(23,24)4)29(3)11-9-22(34)17-21(29)18-26(28)35/h19,21-26,28,34-35H,5-18H2,1-4H3/t19-,21+,22-,23-,24+,25+,26+,28+,29+,30-/m1/s1. The van der Waals surface area contributed by atoms with Crippen molar-refractivity contribution in [3.05, 3.63) is 0 Å². The summed E-state index contributed by atoms with van der Waals surface area (Å²) >= 11 is 0. The van der Waals surface area contributed by atoms with Crippen LogP contribution in [0.15, 0.2) is 0 Å². The molecule has 0 aromatic carbocycles. The van der Waals surface area contributed by atoms with Crippen LogP contribution in [-0.4, -0.2) is 70.2 Å². The van der Waals surface area contributed by atoms with Crippen LogP contribution in [0.4, 0.5) is 0 Å². The molecule has 204 valence electrons. The quantitative estimate of drug-likeness (QED) is 0.607. The molecule has 1 saturated heterocycles. The zero-order valence-electron chi connectivity index (χ0n) is 23.1. The first-order valence-electron chi connectivity index (χ1n) is 14.9. The van der Waals surface area contributed by atoms with Gasteiger partial charge < -0.3 is 20.0 Å². The maximum Gasteiger partial charge on any atom is 0.222 e. The molecule has 10 atom stereocenters. The molecule has 2 N–H and O–H groups in total. The van der Waals surface area contributed by atoms with Crippen LogP contribution in [0.1, 0.15) is 91.9 Å². The van der Waals surface area contributed by atoms with Crippen molar-refractivity contribution in [3.8, 4) is 0 Å². The van der Waals surface area contributed by atoms with E-state index in [-0.39, 0.29) is 34.9 Å². The average molecular weight is 503 g/mol. The first kappa shape index (κ1) is 26.5. The minimum absolute atomic E-state index is 0.100.